The number of piperazine rings is 1. The molecule has 1 aromatic rings. The summed E-state index contributed by atoms with van der Waals surface area (Å²) < 4.78 is 0. The Hall–Kier alpha value is -1.67. The fourth-order valence-electron chi connectivity index (χ4n) is 3.69. The Bertz CT molecular complexity index is 586. The van der Waals surface area contributed by atoms with Gasteiger partial charge in [0.05, 0.1) is 0 Å². The first-order chi connectivity index (χ1) is 12.0. The molecule has 2 amide bonds. The predicted molar refractivity (Wildman–Crippen MR) is 98.8 cm³/mol. The van der Waals surface area contributed by atoms with Gasteiger partial charge in [0.15, 0.2) is 5.13 Å². The lowest BCUT2D eigenvalue weighted by Crippen LogP contribution is -2.50. The Morgan fingerprint density at radius 2 is 1.96 bits per heavy atom. The van der Waals surface area contributed by atoms with E-state index in [0.29, 0.717) is 19.0 Å². The van der Waals surface area contributed by atoms with Gasteiger partial charge in [-0.25, -0.2) is 4.98 Å². The summed E-state index contributed by atoms with van der Waals surface area (Å²) in [4.78, 5) is 34.6. The van der Waals surface area contributed by atoms with Gasteiger partial charge in [-0.3, -0.25) is 14.5 Å². The molecule has 3 heterocycles. The largest absolute Gasteiger partial charge is 0.355 e. The molecule has 0 bridgehead atoms. The van der Waals surface area contributed by atoms with Crippen LogP contribution in [-0.2, 0) is 9.59 Å². The molecule has 0 aliphatic carbocycles. The van der Waals surface area contributed by atoms with Gasteiger partial charge < -0.3 is 15.1 Å². The number of anilines is 1. The Balaban J connectivity index is 1.44. The van der Waals surface area contributed by atoms with E-state index in [9.17, 15) is 9.59 Å². The van der Waals surface area contributed by atoms with Crippen LogP contribution < -0.4 is 10.2 Å². The molecule has 1 aromatic heterocycles. The molecule has 8 heteroatoms. The van der Waals surface area contributed by atoms with Crippen LogP contribution in [0, 0.1) is 0 Å². The van der Waals surface area contributed by atoms with Gasteiger partial charge in [-0.15, -0.1) is 11.3 Å². The van der Waals surface area contributed by atoms with Crippen LogP contribution in [0.5, 0.6) is 0 Å². The number of hydrogen-bond acceptors (Lipinski definition) is 6. The third-order valence-corrected chi connectivity index (χ3v) is 6.14. The number of carbonyl (C=O) groups excluding carboxylic acids is 2. The van der Waals surface area contributed by atoms with Gasteiger partial charge in [0.2, 0.25) is 11.8 Å². The number of thiazole rings is 1. The molecule has 1 N–H and O–H groups in total. The number of nitrogens with one attached hydrogen (secondary N) is 1. The first-order valence-electron chi connectivity index (χ1n) is 8.93. The van der Waals surface area contributed by atoms with E-state index in [1.165, 1.54) is 0 Å². The Morgan fingerprint density at radius 1 is 1.24 bits per heavy atom. The maximum absolute atomic E-state index is 12.7. The van der Waals surface area contributed by atoms with Crippen molar-refractivity contribution in [3.63, 3.8) is 0 Å². The fourth-order valence-corrected chi connectivity index (χ4v) is 4.39. The molecule has 0 unspecified atom stereocenters. The molecular weight excluding hydrogens is 338 g/mol. The zero-order chi connectivity index (χ0) is 17.8. The van der Waals surface area contributed by atoms with Gasteiger partial charge in [0.1, 0.15) is 0 Å². The molecule has 25 heavy (non-hydrogen) atoms. The highest BCUT2D eigenvalue weighted by Crippen LogP contribution is 2.25. The second kappa shape index (κ2) is 8.14. The zero-order valence-electron chi connectivity index (χ0n) is 15.0. The van der Waals surface area contributed by atoms with E-state index in [1.54, 1.807) is 18.3 Å². The number of carbonyl (C=O) groups is 2. The van der Waals surface area contributed by atoms with Gasteiger partial charge in [-0.05, 0) is 19.9 Å². The van der Waals surface area contributed by atoms with Crippen LogP contribution >= 0.6 is 11.3 Å². The highest BCUT2D eigenvalue weighted by Gasteiger charge is 2.33. The third-order valence-electron chi connectivity index (χ3n) is 5.30. The maximum atomic E-state index is 12.7. The zero-order valence-corrected chi connectivity index (χ0v) is 15.8. The number of nitrogens with zero attached hydrogens (tertiary/aromatic N) is 4. The van der Waals surface area contributed by atoms with Crippen molar-refractivity contribution in [2.24, 2.45) is 0 Å². The molecule has 0 radical (unpaired) electrons. The van der Waals surface area contributed by atoms with Crippen molar-refractivity contribution < 1.29 is 9.59 Å². The fraction of sp³-hybridized carbons (Fsp3) is 0.706. The van der Waals surface area contributed by atoms with Gasteiger partial charge in [0, 0.05) is 69.7 Å². The van der Waals surface area contributed by atoms with Crippen LogP contribution in [0.4, 0.5) is 5.13 Å². The van der Waals surface area contributed by atoms with Gasteiger partial charge in [-0.1, -0.05) is 0 Å². The Labute approximate surface area is 153 Å². The van der Waals surface area contributed by atoms with E-state index < -0.39 is 0 Å². The minimum Gasteiger partial charge on any atom is -0.355 e. The van der Waals surface area contributed by atoms with Crippen LogP contribution in [0.3, 0.4) is 0 Å². The molecule has 2 aliphatic rings. The summed E-state index contributed by atoms with van der Waals surface area (Å²) >= 11 is 1.65. The molecule has 0 saturated carbocycles. The normalized spacial score (nSPS) is 24.6. The lowest BCUT2D eigenvalue weighted by molar-refractivity contribution is -0.132. The maximum Gasteiger partial charge on any atom is 0.224 e. The van der Waals surface area contributed by atoms with Crippen molar-refractivity contribution in [2.45, 2.75) is 38.3 Å². The number of amides is 2. The van der Waals surface area contributed by atoms with E-state index >= 15 is 0 Å². The molecule has 138 valence electrons. The van der Waals surface area contributed by atoms with Crippen LogP contribution in [0.2, 0.25) is 0 Å². The SMILES string of the molecule is CC(=O)NC[C@H]1CC[C@@H](CC(=O)N2CCN(c3nccs3)CC2)N1C. The summed E-state index contributed by atoms with van der Waals surface area (Å²) in [6.45, 7) is 5.45. The van der Waals surface area contributed by atoms with Gasteiger partial charge >= 0.3 is 0 Å². The molecule has 2 fully saturated rings. The third kappa shape index (κ3) is 4.49. The first-order valence-corrected chi connectivity index (χ1v) is 9.81. The first kappa shape index (κ1) is 18.1. The Kier molecular flexibility index (Phi) is 5.90. The second-order valence-corrected chi connectivity index (χ2v) is 7.75. The number of aromatic nitrogens is 1. The van der Waals surface area contributed by atoms with Crippen molar-refractivity contribution in [1.29, 1.82) is 0 Å². The summed E-state index contributed by atoms with van der Waals surface area (Å²) in [6.07, 6.45) is 4.45. The Morgan fingerprint density at radius 3 is 2.60 bits per heavy atom. The monoisotopic (exact) mass is 365 g/mol. The van der Waals surface area contributed by atoms with Crippen molar-refractivity contribution in [3.8, 4) is 0 Å². The minimum atomic E-state index is 0.00558. The molecule has 0 aromatic carbocycles. The second-order valence-electron chi connectivity index (χ2n) is 6.87. The van der Waals surface area contributed by atoms with Crippen molar-refractivity contribution in [1.82, 2.24) is 20.1 Å². The molecular formula is C17H27N5O2S. The average molecular weight is 366 g/mol. The van der Waals surface area contributed by atoms with E-state index in [1.807, 2.05) is 16.5 Å². The minimum absolute atomic E-state index is 0.00558. The number of hydrogen-bond donors (Lipinski definition) is 1. The summed E-state index contributed by atoms with van der Waals surface area (Å²) in [5, 5.41) is 5.92. The molecule has 7 nitrogen and oxygen atoms in total. The summed E-state index contributed by atoms with van der Waals surface area (Å²) in [5.41, 5.74) is 0. The smallest absolute Gasteiger partial charge is 0.224 e. The number of likely N-dealkylation sites (N-methyl/N-ethyl adjacent to an activating group) is 1. The van der Waals surface area contributed by atoms with Crippen molar-refractivity contribution in [2.75, 3.05) is 44.7 Å². The molecule has 0 spiro atoms. The van der Waals surface area contributed by atoms with E-state index in [0.717, 1.165) is 44.2 Å². The highest BCUT2D eigenvalue weighted by atomic mass is 32.1. The number of likely N-dealkylation sites (tertiary alicyclic amines) is 1. The lowest BCUT2D eigenvalue weighted by Gasteiger charge is -2.35. The summed E-state index contributed by atoms with van der Waals surface area (Å²) in [5.74, 6) is 0.252. The average Bonchev–Trinajstić information content (AvgIpc) is 3.25. The summed E-state index contributed by atoms with van der Waals surface area (Å²) in [6, 6.07) is 0.617. The van der Waals surface area contributed by atoms with Gasteiger partial charge in [0.25, 0.3) is 0 Å². The van der Waals surface area contributed by atoms with Crippen LogP contribution in [0.1, 0.15) is 26.2 Å². The quantitative estimate of drug-likeness (QED) is 0.835. The van der Waals surface area contributed by atoms with Crippen molar-refractivity contribution in [3.05, 3.63) is 11.6 Å². The predicted octanol–water partition coefficient (Wildman–Crippen LogP) is 0.781. The van der Waals surface area contributed by atoms with Crippen LogP contribution in [0.15, 0.2) is 11.6 Å². The number of rotatable bonds is 5. The van der Waals surface area contributed by atoms with E-state index in [-0.39, 0.29) is 17.9 Å². The molecule has 2 atom stereocenters. The standard InChI is InChI=1S/C17H27N5O2S/c1-13(23)19-12-15-4-3-14(20(15)2)11-16(24)21-6-8-22(9-7-21)17-18-5-10-25-17/h5,10,14-15H,3-4,6-9,11-12H2,1-2H3,(H,19,23)/t14-,15+/m0/s1. The van der Waals surface area contributed by atoms with E-state index in [2.05, 4.69) is 27.1 Å². The molecule has 2 saturated heterocycles. The van der Waals surface area contributed by atoms with Gasteiger partial charge in [-0.2, -0.15) is 0 Å². The molecule has 3 rings (SSSR count). The van der Waals surface area contributed by atoms with Crippen LogP contribution in [-0.4, -0.2) is 78.5 Å². The topological polar surface area (TPSA) is 68.8 Å². The highest BCUT2D eigenvalue weighted by molar-refractivity contribution is 7.13. The van der Waals surface area contributed by atoms with Crippen molar-refractivity contribution >= 4 is 28.3 Å². The lowest BCUT2D eigenvalue weighted by atomic mass is 10.1. The van der Waals surface area contributed by atoms with E-state index in [4.69, 9.17) is 0 Å². The van der Waals surface area contributed by atoms with Crippen LogP contribution in [0.25, 0.3) is 0 Å². The molecule has 2 aliphatic heterocycles. The summed E-state index contributed by atoms with van der Waals surface area (Å²) in [7, 11) is 2.07.